The van der Waals surface area contributed by atoms with Crippen molar-refractivity contribution in [3.8, 4) is 0 Å². The van der Waals surface area contributed by atoms with Gasteiger partial charge in [0.25, 0.3) is 0 Å². The smallest absolute Gasteiger partial charge is 0.191 e. The molecule has 2 saturated heterocycles. The molecule has 0 aromatic heterocycles. The van der Waals surface area contributed by atoms with E-state index in [9.17, 15) is 4.39 Å². The third kappa shape index (κ3) is 6.24. The van der Waals surface area contributed by atoms with Crippen LogP contribution in [0, 0.1) is 5.82 Å². The largest absolute Gasteiger partial charge is 0.379 e. The highest BCUT2D eigenvalue weighted by atomic mass is 127. The van der Waals surface area contributed by atoms with E-state index in [2.05, 4.69) is 14.8 Å². The van der Waals surface area contributed by atoms with Crippen molar-refractivity contribution >= 4 is 35.6 Å². The molecule has 6 nitrogen and oxygen atoms in total. The van der Waals surface area contributed by atoms with Gasteiger partial charge in [-0.05, 0) is 37.1 Å². The van der Waals surface area contributed by atoms with Crippen LogP contribution in [0.1, 0.15) is 12.8 Å². The first-order valence-electron chi connectivity index (χ1n) is 8.97. The third-order valence-corrected chi connectivity index (χ3v) is 4.61. The minimum atomic E-state index is -0.205. The second-order valence-corrected chi connectivity index (χ2v) is 6.40. The Morgan fingerprint density at radius 2 is 1.96 bits per heavy atom. The highest BCUT2D eigenvalue weighted by Crippen LogP contribution is 2.16. The summed E-state index contributed by atoms with van der Waals surface area (Å²) >= 11 is 0. The van der Waals surface area contributed by atoms with E-state index in [0.717, 1.165) is 51.3 Å². The fraction of sp³-hybridized carbons (Fsp3) is 0.611. The molecule has 0 bridgehead atoms. The predicted molar refractivity (Wildman–Crippen MR) is 112 cm³/mol. The topological polar surface area (TPSA) is 63.3 Å². The first kappa shape index (κ1) is 21.2. The maximum absolute atomic E-state index is 13.0. The van der Waals surface area contributed by atoms with Gasteiger partial charge in [0.1, 0.15) is 5.82 Å². The fourth-order valence-corrected chi connectivity index (χ4v) is 3.10. The Balaban J connectivity index is 0.00000243. The van der Waals surface area contributed by atoms with Crippen LogP contribution >= 0.6 is 24.0 Å². The second kappa shape index (κ2) is 10.9. The quantitative estimate of drug-likeness (QED) is 0.294. The van der Waals surface area contributed by atoms with Gasteiger partial charge in [-0.2, -0.15) is 0 Å². The molecule has 1 aromatic rings. The SMILES string of the molecule is I.NC(=NCCCOC1CCOC1)N1CCN(c2ccc(F)cc2)CC1. The molecule has 2 N–H and O–H groups in total. The third-order valence-electron chi connectivity index (χ3n) is 4.61. The number of nitrogens with zero attached hydrogens (tertiary/aromatic N) is 3. The Morgan fingerprint density at radius 3 is 2.62 bits per heavy atom. The summed E-state index contributed by atoms with van der Waals surface area (Å²) in [4.78, 5) is 8.80. The molecule has 2 fully saturated rings. The van der Waals surface area contributed by atoms with E-state index in [0.29, 0.717) is 25.7 Å². The molecule has 0 amide bonds. The number of hydrogen-bond acceptors (Lipinski definition) is 4. The van der Waals surface area contributed by atoms with Gasteiger partial charge in [-0.3, -0.25) is 4.99 Å². The first-order valence-corrected chi connectivity index (χ1v) is 8.97. The van der Waals surface area contributed by atoms with Gasteiger partial charge in [-0.25, -0.2) is 4.39 Å². The molecular formula is C18H28FIN4O2. The number of aliphatic imine (C=N–C) groups is 1. The molecule has 2 aliphatic rings. The average Bonchev–Trinajstić information content (AvgIpc) is 3.15. The van der Waals surface area contributed by atoms with Gasteiger partial charge < -0.3 is 25.0 Å². The van der Waals surface area contributed by atoms with E-state index < -0.39 is 0 Å². The Bertz CT molecular complexity index is 559. The standard InChI is InChI=1S/C18H27FN4O2.HI/c19-15-2-4-16(5-3-15)22-8-10-23(11-9-22)18(20)21-7-1-12-25-17-6-13-24-14-17;/h2-5,17H,1,6-14H2,(H2,20,21);1H. The molecule has 146 valence electrons. The number of anilines is 1. The number of rotatable bonds is 6. The number of ether oxygens (including phenoxy) is 2. The number of guanidine groups is 1. The van der Waals surface area contributed by atoms with Gasteiger partial charge >= 0.3 is 0 Å². The lowest BCUT2D eigenvalue weighted by atomic mass is 10.2. The molecule has 0 aliphatic carbocycles. The minimum absolute atomic E-state index is 0. The van der Waals surface area contributed by atoms with Crippen molar-refractivity contribution in [2.75, 3.05) is 57.4 Å². The van der Waals surface area contributed by atoms with Crippen LogP contribution in [0.2, 0.25) is 0 Å². The van der Waals surface area contributed by atoms with Crippen LogP contribution in [-0.4, -0.2) is 69.5 Å². The van der Waals surface area contributed by atoms with E-state index in [4.69, 9.17) is 15.2 Å². The number of halogens is 2. The summed E-state index contributed by atoms with van der Waals surface area (Å²) in [7, 11) is 0. The number of piperazine rings is 1. The average molecular weight is 478 g/mol. The van der Waals surface area contributed by atoms with Crippen LogP contribution in [0.5, 0.6) is 0 Å². The minimum Gasteiger partial charge on any atom is -0.379 e. The summed E-state index contributed by atoms with van der Waals surface area (Å²) in [5.41, 5.74) is 7.15. The maximum Gasteiger partial charge on any atom is 0.191 e. The summed E-state index contributed by atoms with van der Waals surface area (Å²) in [5, 5.41) is 0. The molecule has 3 rings (SSSR count). The molecule has 1 atom stereocenters. The molecule has 0 saturated carbocycles. The van der Waals surface area contributed by atoms with E-state index in [-0.39, 0.29) is 35.9 Å². The Morgan fingerprint density at radius 1 is 1.23 bits per heavy atom. The molecule has 0 spiro atoms. The summed E-state index contributed by atoms with van der Waals surface area (Å²) in [6, 6.07) is 6.63. The number of benzene rings is 1. The summed E-state index contributed by atoms with van der Waals surface area (Å²) in [6.07, 6.45) is 2.11. The van der Waals surface area contributed by atoms with Crippen molar-refractivity contribution in [1.29, 1.82) is 0 Å². The van der Waals surface area contributed by atoms with Crippen molar-refractivity contribution < 1.29 is 13.9 Å². The normalized spacial score (nSPS) is 21.0. The van der Waals surface area contributed by atoms with Crippen LogP contribution < -0.4 is 10.6 Å². The van der Waals surface area contributed by atoms with Crippen molar-refractivity contribution in [1.82, 2.24) is 4.90 Å². The maximum atomic E-state index is 13.0. The predicted octanol–water partition coefficient (Wildman–Crippen LogP) is 2.08. The highest BCUT2D eigenvalue weighted by Gasteiger charge is 2.18. The first-order chi connectivity index (χ1) is 12.2. The van der Waals surface area contributed by atoms with Crippen LogP contribution in [0.25, 0.3) is 0 Å². The zero-order valence-corrected chi connectivity index (χ0v) is 17.3. The van der Waals surface area contributed by atoms with Gasteiger partial charge in [0.15, 0.2) is 5.96 Å². The Hall–Kier alpha value is -1.13. The molecule has 0 radical (unpaired) electrons. The van der Waals surface area contributed by atoms with Crippen LogP contribution in [-0.2, 0) is 9.47 Å². The monoisotopic (exact) mass is 478 g/mol. The molecule has 8 heteroatoms. The van der Waals surface area contributed by atoms with Crippen LogP contribution in [0.4, 0.5) is 10.1 Å². The van der Waals surface area contributed by atoms with Crippen molar-refractivity contribution in [2.45, 2.75) is 18.9 Å². The molecule has 2 heterocycles. The lowest BCUT2D eigenvalue weighted by Crippen LogP contribution is -2.51. The lowest BCUT2D eigenvalue weighted by Gasteiger charge is -2.36. The van der Waals surface area contributed by atoms with E-state index in [1.165, 1.54) is 12.1 Å². The summed E-state index contributed by atoms with van der Waals surface area (Å²) in [6.45, 7) is 6.24. The van der Waals surface area contributed by atoms with Crippen molar-refractivity contribution in [3.63, 3.8) is 0 Å². The fourth-order valence-electron chi connectivity index (χ4n) is 3.10. The molecule has 1 unspecified atom stereocenters. The van der Waals surface area contributed by atoms with Crippen LogP contribution in [0.3, 0.4) is 0 Å². The van der Waals surface area contributed by atoms with Gasteiger partial charge in [0.05, 0.1) is 12.7 Å². The van der Waals surface area contributed by atoms with Crippen molar-refractivity contribution in [3.05, 3.63) is 30.1 Å². The number of hydrogen-bond donors (Lipinski definition) is 1. The number of nitrogens with two attached hydrogens (primary N) is 1. The van der Waals surface area contributed by atoms with E-state index in [1.807, 2.05) is 12.1 Å². The highest BCUT2D eigenvalue weighted by molar-refractivity contribution is 14.0. The lowest BCUT2D eigenvalue weighted by molar-refractivity contribution is 0.0424. The Labute approximate surface area is 171 Å². The van der Waals surface area contributed by atoms with Crippen LogP contribution in [0.15, 0.2) is 29.3 Å². The Kier molecular flexibility index (Phi) is 8.86. The molecule has 1 aromatic carbocycles. The van der Waals surface area contributed by atoms with Gasteiger partial charge in [-0.1, -0.05) is 0 Å². The zero-order chi connectivity index (χ0) is 17.5. The molecule has 2 aliphatic heterocycles. The zero-order valence-electron chi connectivity index (χ0n) is 15.0. The van der Waals surface area contributed by atoms with Gasteiger partial charge in [0, 0.05) is 51.6 Å². The van der Waals surface area contributed by atoms with Crippen molar-refractivity contribution in [2.24, 2.45) is 10.7 Å². The second-order valence-electron chi connectivity index (χ2n) is 6.40. The summed E-state index contributed by atoms with van der Waals surface area (Å²) < 4.78 is 24.0. The molecule has 26 heavy (non-hydrogen) atoms. The van der Waals surface area contributed by atoms with E-state index in [1.54, 1.807) is 0 Å². The van der Waals surface area contributed by atoms with Gasteiger partial charge in [0.2, 0.25) is 0 Å². The van der Waals surface area contributed by atoms with E-state index >= 15 is 0 Å². The van der Waals surface area contributed by atoms with Gasteiger partial charge in [-0.15, -0.1) is 24.0 Å². The summed E-state index contributed by atoms with van der Waals surface area (Å²) in [5.74, 6) is 0.395. The molecular weight excluding hydrogens is 450 g/mol.